The van der Waals surface area contributed by atoms with Crippen LogP contribution in [0.5, 0.6) is 0 Å². The Balaban J connectivity index is 2.90. The van der Waals surface area contributed by atoms with Gasteiger partial charge in [-0.2, -0.15) is 0 Å². The van der Waals surface area contributed by atoms with Crippen LogP contribution in [-0.4, -0.2) is 58.6 Å². The summed E-state index contributed by atoms with van der Waals surface area (Å²) in [6.07, 6.45) is 0. The van der Waals surface area contributed by atoms with E-state index >= 15 is 0 Å². The molecule has 0 fully saturated rings. The average Bonchev–Trinajstić information content (AvgIpc) is 2.25. The third kappa shape index (κ3) is 13.5. The topological polar surface area (TPSA) is 54.0 Å². The van der Waals surface area contributed by atoms with E-state index in [0.29, 0.717) is 46.2 Å². The van der Waals surface area contributed by atoms with Crippen LogP contribution < -0.4 is 0 Å². The molecule has 96 valence electrons. The van der Waals surface area contributed by atoms with Crippen LogP contribution in [0.25, 0.3) is 0 Å². The molecule has 0 amide bonds. The van der Waals surface area contributed by atoms with Crippen molar-refractivity contribution in [2.45, 2.75) is 13.8 Å². The van der Waals surface area contributed by atoms with Crippen LogP contribution in [0.1, 0.15) is 13.8 Å². The van der Waals surface area contributed by atoms with Crippen LogP contribution >= 0.6 is 0 Å². The average molecular weight is 234 g/mol. The highest BCUT2D eigenvalue weighted by atomic mass is 16.6. The van der Waals surface area contributed by atoms with Crippen molar-refractivity contribution in [3.05, 3.63) is 0 Å². The maximum atomic E-state index is 10.5. The lowest BCUT2D eigenvalue weighted by Gasteiger charge is -2.06. The second kappa shape index (κ2) is 12.6. The van der Waals surface area contributed by atoms with E-state index in [1.165, 1.54) is 6.92 Å². The van der Waals surface area contributed by atoms with Crippen LogP contribution in [0.15, 0.2) is 0 Å². The van der Waals surface area contributed by atoms with Crippen molar-refractivity contribution in [1.82, 2.24) is 0 Å². The standard InChI is InChI=1S/C11H22O5/c1-3-13-4-5-14-6-7-15-8-9-16-10-11(2)12/h3-10H2,1-2H3. The Morgan fingerprint density at radius 1 is 0.812 bits per heavy atom. The van der Waals surface area contributed by atoms with E-state index in [0.717, 1.165) is 0 Å². The zero-order valence-electron chi connectivity index (χ0n) is 10.2. The van der Waals surface area contributed by atoms with Gasteiger partial charge in [-0.3, -0.25) is 4.79 Å². The van der Waals surface area contributed by atoms with E-state index in [1.54, 1.807) is 0 Å². The number of ether oxygens (including phenoxy) is 4. The van der Waals surface area contributed by atoms with E-state index in [4.69, 9.17) is 18.9 Å². The Morgan fingerprint density at radius 2 is 1.25 bits per heavy atom. The highest BCUT2D eigenvalue weighted by Gasteiger charge is 1.93. The predicted molar refractivity (Wildman–Crippen MR) is 59.6 cm³/mol. The molecule has 0 radical (unpaired) electrons. The fraction of sp³-hybridized carbons (Fsp3) is 0.909. The summed E-state index contributed by atoms with van der Waals surface area (Å²) in [6.45, 7) is 7.56. The number of hydrogen-bond acceptors (Lipinski definition) is 5. The van der Waals surface area contributed by atoms with Gasteiger partial charge in [0.2, 0.25) is 0 Å². The van der Waals surface area contributed by atoms with Crippen molar-refractivity contribution in [3.8, 4) is 0 Å². The van der Waals surface area contributed by atoms with Gasteiger partial charge in [0.05, 0.1) is 39.6 Å². The maximum absolute atomic E-state index is 10.5. The van der Waals surface area contributed by atoms with Crippen molar-refractivity contribution in [2.24, 2.45) is 0 Å². The molecule has 0 aliphatic carbocycles. The van der Waals surface area contributed by atoms with Gasteiger partial charge in [0.25, 0.3) is 0 Å². The first-order valence-corrected chi connectivity index (χ1v) is 5.57. The smallest absolute Gasteiger partial charge is 0.155 e. The van der Waals surface area contributed by atoms with Crippen molar-refractivity contribution < 1.29 is 23.7 Å². The molecule has 16 heavy (non-hydrogen) atoms. The van der Waals surface area contributed by atoms with Crippen molar-refractivity contribution >= 4 is 5.78 Å². The number of carbonyl (C=O) groups is 1. The van der Waals surface area contributed by atoms with Crippen molar-refractivity contribution in [1.29, 1.82) is 0 Å². The Kier molecular flexibility index (Phi) is 12.2. The Morgan fingerprint density at radius 3 is 1.69 bits per heavy atom. The third-order valence-corrected chi connectivity index (χ3v) is 1.63. The SMILES string of the molecule is CCOCCOCCOCCOCC(C)=O. The van der Waals surface area contributed by atoms with E-state index in [1.807, 2.05) is 6.92 Å². The Labute approximate surface area is 97.0 Å². The highest BCUT2D eigenvalue weighted by molar-refractivity contribution is 5.76. The Hall–Kier alpha value is -0.490. The summed E-state index contributed by atoms with van der Waals surface area (Å²) >= 11 is 0. The number of hydrogen-bond donors (Lipinski definition) is 0. The molecule has 0 aromatic heterocycles. The number of Topliss-reactive ketones (excluding diaryl/α,β-unsaturated/α-hetero) is 1. The maximum Gasteiger partial charge on any atom is 0.155 e. The molecule has 0 unspecified atom stereocenters. The summed E-state index contributed by atoms with van der Waals surface area (Å²) in [4.78, 5) is 10.5. The minimum Gasteiger partial charge on any atom is -0.379 e. The molecule has 0 aromatic rings. The summed E-state index contributed by atoms with van der Waals surface area (Å²) in [5, 5.41) is 0. The van der Waals surface area contributed by atoms with Gasteiger partial charge in [0, 0.05) is 6.61 Å². The van der Waals surface area contributed by atoms with Crippen LogP contribution in [0.2, 0.25) is 0 Å². The van der Waals surface area contributed by atoms with Gasteiger partial charge in [-0.15, -0.1) is 0 Å². The highest BCUT2D eigenvalue weighted by Crippen LogP contribution is 1.82. The molecule has 0 spiro atoms. The molecule has 0 bridgehead atoms. The molecule has 0 saturated carbocycles. The van der Waals surface area contributed by atoms with Gasteiger partial charge in [0.15, 0.2) is 5.78 Å². The van der Waals surface area contributed by atoms with E-state index in [9.17, 15) is 4.79 Å². The zero-order chi connectivity index (χ0) is 12.1. The first-order chi connectivity index (χ1) is 7.77. The van der Waals surface area contributed by atoms with E-state index in [2.05, 4.69) is 0 Å². The molecule has 5 nitrogen and oxygen atoms in total. The lowest BCUT2D eigenvalue weighted by Crippen LogP contribution is -2.13. The monoisotopic (exact) mass is 234 g/mol. The molecule has 5 heteroatoms. The molecule has 0 rings (SSSR count). The minimum absolute atomic E-state index is 0.0271. The van der Waals surface area contributed by atoms with Crippen LogP contribution in [-0.2, 0) is 23.7 Å². The summed E-state index contributed by atoms with van der Waals surface area (Å²) < 4.78 is 20.6. The molecule has 0 atom stereocenters. The van der Waals surface area contributed by atoms with Crippen molar-refractivity contribution in [2.75, 3.05) is 52.9 Å². The molecule has 0 aliphatic heterocycles. The molecule has 0 heterocycles. The second-order valence-corrected chi connectivity index (χ2v) is 3.18. The lowest BCUT2D eigenvalue weighted by molar-refractivity contribution is -0.122. The predicted octanol–water partition coefficient (Wildman–Crippen LogP) is 0.662. The molecule has 0 aromatic carbocycles. The number of rotatable bonds is 12. The quantitative estimate of drug-likeness (QED) is 0.464. The fourth-order valence-electron chi connectivity index (χ4n) is 0.918. The first-order valence-electron chi connectivity index (χ1n) is 5.57. The third-order valence-electron chi connectivity index (χ3n) is 1.63. The van der Waals surface area contributed by atoms with Crippen molar-refractivity contribution in [3.63, 3.8) is 0 Å². The second-order valence-electron chi connectivity index (χ2n) is 3.18. The number of carbonyl (C=O) groups excluding carboxylic acids is 1. The van der Waals surface area contributed by atoms with Gasteiger partial charge in [0.1, 0.15) is 6.61 Å². The molecular weight excluding hydrogens is 212 g/mol. The normalized spacial score (nSPS) is 10.6. The number of ketones is 1. The zero-order valence-corrected chi connectivity index (χ0v) is 10.2. The molecular formula is C11H22O5. The summed E-state index contributed by atoms with van der Waals surface area (Å²) in [5.74, 6) is 0.0271. The van der Waals surface area contributed by atoms with Gasteiger partial charge >= 0.3 is 0 Å². The van der Waals surface area contributed by atoms with Gasteiger partial charge < -0.3 is 18.9 Å². The fourth-order valence-corrected chi connectivity index (χ4v) is 0.918. The molecule has 0 saturated heterocycles. The van der Waals surface area contributed by atoms with Gasteiger partial charge in [-0.25, -0.2) is 0 Å². The van der Waals surface area contributed by atoms with E-state index in [-0.39, 0.29) is 12.4 Å². The summed E-state index contributed by atoms with van der Waals surface area (Å²) in [7, 11) is 0. The van der Waals surface area contributed by atoms with Crippen LogP contribution in [0.3, 0.4) is 0 Å². The first kappa shape index (κ1) is 15.5. The largest absolute Gasteiger partial charge is 0.379 e. The van der Waals surface area contributed by atoms with Crippen LogP contribution in [0.4, 0.5) is 0 Å². The van der Waals surface area contributed by atoms with Gasteiger partial charge in [-0.1, -0.05) is 0 Å². The van der Waals surface area contributed by atoms with E-state index < -0.39 is 0 Å². The summed E-state index contributed by atoms with van der Waals surface area (Å²) in [6, 6.07) is 0. The molecule has 0 N–H and O–H groups in total. The Bertz CT molecular complexity index is 160. The minimum atomic E-state index is 0.0271. The lowest BCUT2D eigenvalue weighted by atomic mass is 10.5. The molecule has 0 aliphatic rings. The van der Waals surface area contributed by atoms with Gasteiger partial charge in [-0.05, 0) is 13.8 Å². The summed E-state index contributed by atoms with van der Waals surface area (Å²) in [5.41, 5.74) is 0. The van der Waals surface area contributed by atoms with Crippen LogP contribution in [0, 0.1) is 0 Å².